The number of fused-ring (bicyclic) bond motifs is 1. The lowest BCUT2D eigenvalue weighted by molar-refractivity contribution is 0.0947. The Morgan fingerprint density at radius 2 is 1.76 bits per heavy atom. The molecule has 1 N–H and O–H groups in total. The van der Waals surface area contributed by atoms with Crippen molar-refractivity contribution >= 4 is 16.7 Å². The van der Waals surface area contributed by atoms with Crippen molar-refractivity contribution in [1.82, 2.24) is 5.32 Å². The van der Waals surface area contributed by atoms with Gasteiger partial charge in [-0.05, 0) is 54.2 Å². The van der Waals surface area contributed by atoms with Crippen LogP contribution < -0.4 is 5.32 Å². The molecule has 0 heterocycles. The molecule has 1 amide bonds. The summed E-state index contributed by atoms with van der Waals surface area (Å²) in [5, 5.41) is 5.67. The summed E-state index contributed by atoms with van der Waals surface area (Å²) in [5.74, 6) is 0.394. The molecule has 0 fully saturated rings. The average molecular weight is 331 g/mol. The third-order valence-electron chi connectivity index (χ3n) is 4.70. The minimum Gasteiger partial charge on any atom is -0.352 e. The van der Waals surface area contributed by atoms with E-state index in [0.717, 1.165) is 23.1 Å². The minimum absolute atomic E-state index is 0.0194. The van der Waals surface area contributed by atoms with Crippen LogP contribution in [0.3, 0.4) is 0 Å². The van der Waals surface area contributed by atoms with Crippen LogP contribution in [0.15, 0.2) is 60.7 Å². The zero-order valence-electron chi connectivity index (χ0n) is 15.2. The fraction of sp³-hybridized carbons (Fsp3) is 0.261. The van der Waals surface area contributed by atoms with Crippen LogP contribution in [0.25, 0.3) is 10.8 Å². The van der Waals surface area contributed by atoms with Crippen LogP contribution in [0, 0.1) is 19.8 Å². The number of hydrogen-bond acceptors (Lipinski definition) is 1. The predicted octanol–water partition coefficient (Wildman–Crippen LogP) is 5.07. The number of nitrogens with one attached hydrogen (secondary N) is 1. The van der Waals surface area contributed by atoms with Gasteiger partial charge in [0.25, 0.3) is 5.91 Å². The highest BCUT2D eigenvalue weighted by molar-refractivity contribution is 5.95. The van der Waals surface area contributed by atoms with Crippen LogP contribution in [0.1, 0.15) is 34.0 Å². The Morgan fingerprint density at radius 3 is 2.60 bits per heavy atom. The van der Waals surface area contributed by atoms with Crippen LogP contribution in [0.5, 0.6) is 0 Å². The first-order valence-corrected chi connectivity index (χ1v) is 8.86. The lowest BCUT2D eigenvalue weighted by Crippen LogP contribution is -2.29. The topological polar surface area (TPSA) is 29.1 Å². The number of carbonyl (C=O) groups excluding carboxylic acids is 1. The molecule has 0 aromatic heterocycles. The highest BCUT2D eigenvalue weighted by Crippen LogP contribution is 2.21. The minimum atomic E-state index is 0.0194. The molecule has 25 heavy (non-hydrogen) atoms. The van der Waals surface area contributed by atoms with Gasteiger partial charge in [0.2, 0.25) is 0 Å². The van der Waals surface area contributed by atoms with Crippen molar-refractivity contribution in [3.8, 4) is 0 Å². The van der Waals surface area contributed by atoms with Gasteiger partial charge in [-0.1, -0.05) is 67.1 Å². The molecular weight excluding hydrogens is 306 g/mol. The summed E-state index contributed by atoms with van der Waals surface area (Å²) in [5.41, 5.74) is 4.24. The van der Waals surface area contributed by atoms with Gasteiger partial charge in [0, 0.05) is 12.1 Å². The van der Waals surface area contributed by atoms with Crippen LogP contribution in [-0.4, -0.2) is 12.5 Å². The number of aryl methyl sites for hydroxylation is 2. The van der Waals surface area contributed by atoms with Gasteiger partial charge in [0.1, 0.15) is 0 Å². The van der Waals surface area contributed by atoms with E-state index >= 15 is 0 Å². The van der Waals surface area contributed by atoms with Crippen molar-refractivity contribution in [2.45, 2.75) is 27.2 Å². The molecule has 3 rings (SSSR count). The van der Waals surface area contributed by atoms with Crippen molar-refractivity contribution in [3.63, 3.8) is 0 Å². The van der Waals surface area contributed by atoms with Crippen LogP contribution in [0.4, 0.5) is 0 Å². The van der Waals surface area contributed by atoms with Gasteiger partial charge in [0.15, 0.2) is 0 Å². The second-order valence-corrected chi connectivity index (χ2v) is 6.98. The van der Waals surface area contributed by atoms with E-state index in [1.54, 1.807) is 0 Å². The number of rotatable bonds is 5. The Bertz CT molecular complexity index is 892. The van der Waals surface area contributed by atoms with E-state index in [1.165, 1.54) is 16.3 Å². The lowest BCUT2D eigenvalue weighted by atomic mass is 9.96. The molecule has 3 aromatic carbocycles. The standard InChI is InChI=1S/C23H25NO/c1-16-11-12-18(3)22(14-16)23(25)24-15-17(2)13-20-9-6-8-19-7-4-5-10-21(19)20/h4-12,14,17H,13,15H2,1-3H3,(H,24,25)/t17-/m1/s1. The maximum Gasteiger partial charge on any atom is 0.251 e. The Labute approximate surface area is 149 Å². The van der Waals surface area contributed by atoms with E-state index in [1.807, 2.05) is 32.0 Å². The van der Waals surface area contributed by atoms with E-state index in [0.29, 0.717) is 12.5 Å². The predicted molar refractivity (Wildman–Crippen MR) is 105 cm³/mol. The van der Waals surface area contributed by atoms with Crippen LogP contribution in [-0.2, 0) is 6.42 Å². The molecule has 0 bridgehead atoms. The van der Waals surface area contributed by atoms with Crippen molar-refractivity contribution in [1.29, 1.82) is 0 Å². The maximum absolute atomic E-state index is 12.5. The molecule has 0 spiro atoms. The Kier molecular flexibility index (Phi) is 5.18. The van der Waals surface area contributed by atoms with E-state index < -0.39 is 0 Å². The van der Waals surface area contributed by atoms with Gasteiger partial charge in [-0.3, -0.25) is 4.79 Å². The zero-order valence-corrected chi connectivity index (χ0v) is 15.2. The van der Waals surface area contributed by atoms with Crippen molar-refractivity contribution in [2.75, 3.05) is 6.54 Å². The molecule has 0 aliphatic heterocycles. The molecule has 0 radical (unpaired) electrons. The molecule has 2 heteroatoms. The summed E-state index contributed by atoms with van der Waals surface area (Å²) >= 11 is 0. The summed E-state index contributed by atoms with van der Waals surface area (Å²) < 4.78 is 0. The zero-order chi connectivity index (χ0) is 17.8. The van der Waals surface area contributed by atoms with Crippen molar-refractivity contribution < 1.29 is 4.79 Å². The van der Waals surface area contributed by atoms with Crippen molar-refractivity contribution in [2.24, 2.45) is 5.92 Å². The first-order valence-electron chi connectivity index (χ1n) is 8.86. The quantitative estimate of drug-likeness (QED) is 0.695. The largest absolute Gasteiger partial charge is 0.352 e. The fourth-order valence-electron chi connectivity index (χ4n) is 3.26. The smallest absolute Gasteiger partial charge is 0.251 e. The van der Waals surface area contributed by atoms with Gasteiger partial charge >= 0.3 is 0 Å². The Balaban J connectivity index is 1.65. The second-order valence-electron chi connectivity index (χ2n) is 6.98. The number of carbonyl (C=O) groups is 1. The Morgan fingerprint density at radius 1 is 1.00 bits per heavy atom. The average Bonchev–Trinajstić information content (AvgIpc) is 2.62. The van der Waals surface area contributed by atoms with Gasteiger partial charge in [0.05, 0.1) is 0 Å². The van der Waals surface area contributed by atoms with Gasteiger partial charge in [-0.25, -0.2) is 0 Å². The molecule has 0 saturated carbocycles. The maximum atomic E-state index is 12.5. The molecular formula is C23H25NO. The van der Waals surface area contributed by atoms with Crippen LogP contribution in [0.2, 0.25) is 0 Å². The highest BCUT2D eigenvalue weighted by Gasteiger charge is 2.12. The normalized spacial score (nSPS) is 12.1. The first-order chi connectivity index (χ1) is 12.0. The SMILES string of the molecule is Cc1ccc(C)c(C(=O)NC[C@H](C)Cc2cccc3ccccc23)c1. The highest BCUT2D eigenvalue weighted by atomic mass is 16.1. The molecule has 0 aliphatic rings. The van der Waals surface area contributed by atoms with Gasteiger partial charge < -0.3 is 5.32 Å². The molecule has 1 atom stereocenters. The third-order valence-corrected chi connectivity index (χ3v) is 4.70. The number of benzene rings is 3. The van der Waals surface area contributed by atoms with E-state index in [-0.39, 0.29) is 5.91 Å². The molecule has 2 nitrogen and oxygen atoms in total. The summed E-state index contributed by atoms with van der Waals surface area (Å²) in [4.78, 5) is 12.5. The fourth-order valence-corrected chi connectivity index (χ4v) is 3.26. The third kappa shape index (κ3) is 4.08. The van der Waals surface area contributed by atoms with Gasteiger partial charge in [-0.2, -0.15) is 0 Å². The summed E-state index contributed by atoms with van der Waals surface area (Å²) in [6.07, 6.45) is 0.953. The summed E-state index contributed by atoms with van der Waals surface area (Å²) in [6.45, 7) is 6.85. The second kappa shape index (κ2) is 7.52. The Hall–Kier alpha value is -2.61. The van der Waals surface area contributed by atoms with E-state index in [4.69, 9.17) is 0 Å². The first kappa shape index (κ1) is 17.2. The van der Waals surface area contributed by atoms with Crippen molar-refractivity contribution in [3.05, 3.63) is 82.9 Å². The molecule has 3 aromatic rings. The van der Waals surface area contributed by atoms with E-state index in [2.05, 4.69) is 54.7 Å². The number of amides is 1. The molecule has 0 unspecified atom stereocenters. The van der Waals surface area contributed by atoms with Gasteiger partial charge in [-0.15, -0.1) is 0 Å². The molecule has 128 valence electrons. The molecule has 0 saturated heterocycles. The molecule has 0 aliphatic carbocycles. The number of hydrogen-bond donors (Lipinski definition) is 1. The monoisotopic (exact) mass is 331 g/mol. The van der Waals surface area contributed by atoms with E-state index in [9.17, 15) is 4.79 Å². The van der Waals surface area contributed by atoms with Crippen LogP contribution >= 0.6 is 0 Å². The lowest BCUT2D eigenvalue weighted by Gasteiger charge is -2.15. The summed E-state index contributed by atoms with van der Waals surface area (Å²) in [7, 11) is 0. The summed E-state index contributed by atoms with van der Waals surface area (Å²) in [6, 6.07) is 20.9.